The minimum atomic E-state index is -2.32. The standard InChI is InChI=1S/C24H31F2NO7/c1-12-7-14-15-9-17(25)16-8-13(28)5-6-21(16,2)23(15,26)18(29)10-22(14,3)24(12,19(30)33-11-27)34-20(31)32-4/h5-6,8,12,14-15,17-18,29H,7,9-11,27H2,1-4H3/t12-,14+,15+,17+,18+,21+,22+,23+,24+/m1/s1. The molecule has 34 heavy (non-hydrogen) atoms. The molecule has 0 spiro atoms. The van der Waals surface area contributed by atoms with E-state index >= 15 is 8.78 Å². The Morgan fingerprint density at radius 2 is 1.94 bits per heavy atom. The highest BCUT2D eigenvalue weighted by Crippen LogP contribution is 2.71. The van der Waals surface area contributed by atoms with Crippen LogP contribution in [0, 0.1) is 28.6 Å². The van der Waals surface area contributed by atoms with Crippen LogP contribution in [0.4, 0.5) is 13.6 Å². The van der Waals surface area contributed by atoms with Gasteiger partial charge in [0.25, 0.3) is 0 Å². The molecule has 3 fully saturated rings. The van der Waals surface area contributed by atoms with E-state index in [1.54, 1.807) is 13.8 Å². The number of ketones is 1. The Morgan fingerprint density at radius 3 is 2.56 bits per heavy atom. The number of allylic oxidation sites excluding steroid dienone is 4. The number of carbonyl (C=O) groups excluding carboxylic acids is 3. The number of aliphatic hydroxyl groups excluding tert-OH is 1. The average molecular weight is 484 g/mol. The SMILES string of the molecule is COC(=O)O[C@]1(C(=O)OCN)[C@H](C)C[C@H]2[C@@H]3C[C@H](F)C4=CC(=O)C=C[C@]4(C)[C@@]3(F)[C@@H](O)C[C@@]21C. The van der Waals surface area contributed by atoms with E-state index in [1.807, 2.05) is 0 Å². The third kappa shape index (κ3) is 2.84. The van der Waals surface area contributed by atoms with Crippen molar-refractivity contribution in [3.05, 3.63) is 23.8 Å². The van der Waals surface area contributed by atoms with Crippen LogP contribution in [0.15, 0.2) is 23.8 Å². The van der Waals surface area contributed by atoms with Crippen molar-refractivity contribution < 1.29 is 42.5 Å². The zero-order valence-corrected chi connectivity index (χ0v) is 19.7. The lowest BCUT2D eigenvalue weighted by molar-refractivity contribution is -0.233. The first-order valence-electron chi connectivity index (χ1n) is 11.4. The van der Waals surface area contributed by atoms with Gasteiger partial charge in [-0.15, -0.1) is 0 Å². The van der Waals surface area contributed by atoms with Crippen LogP contribution in [0.5, 0.6) is 0 Å². The molecular formula is C24H31F2NO7. The molecule has 9 atom stereocenters. The van der Waals surface area contributed by atoms with Crippen LogP contribution < -0.4 is 5.73 Å². The predicted octanol–water partition coefficient (Wildman–Crippen LogP) is 2.53. The van der Waals surface area contributed by atoms with E-state index in [9.17, 15) is 19.5 Å². The summed E-state index contributed by atoms with van der Waals surface area (Å²) in [6.07, 6.45) is -1.11. The number of hydrogen-bond donors (Lipinski definition) is 2. The fraction of sp³-hybridized carbons (Fsp3) is 0.708. The van der Waals surface area contributed by atoms with Gasteiger partial charge >= 0.3 is 12.1 Å². The molecule has 8 nitrogen and oxygen atoms in total. The Kier molecular flexibility index (Phi) is 5.72. The number of alkyl halides is 2. The molecule has 0 radical (unpaired) electrons. The quantitative estimate of drug-likeness (QED) is 0.464. The molecule has 3 N–H and O–H groups in total. The first kappa shape index (κ1) is 24.8. The van der Waals surface area contributed by atoms with Crippen molar-refractivity contribution in [2.75, 3.05) is 13.8 Å². The number of rotatable bonds is 3. The van der Waals surface area contributed by atoms with E-state index in [0.717, 1.165) is 13.2 Å². The summed E-state index contributed by atoms with van der Waals surface area (Å²) in [5, 5.41) is 11.4. The van der Waals surface area contributed by atoms with Gasteiger partial charge in [0, 0.05) is 22.7 Å². The van der Waals surface area contributed by atoms with Gasteiger partial charge in [-0.25, -0.2) is 18.4 Å². The van der Waals surface area contributed by atoms with Gasteiger partial charge in [0.05, 0.1) is 13.2 Å². The van der Waals surface area contributed by atoms with Crippen LogP contribution in [0.3, 0.4) is 0 Å². The maximum atomic E-state index is 17.2. The summed E-state index contributed by atoms with van der Waals surface area (Å²) in [6, 6.07) is 0. The summed E-state index contributed by atoms with van der Waals surface area (Å²) < 4.78 is 48.1. The van der Waals surface area contributed by atoms with Gasteiger partial charge in [-0.05, 0) is 49.8 Å². The number of nitrogens with two attached hydrogens (primary N) is 1. The Hall–Kier alpha value is -2.33. The second-order valence-electron chi connectivity index (χ2n) is 10.4. The smallest absolute Gasteiger partial charge is 0.447 e. The van der Waals surface area contributed by atoms with E-state index in [-0.39, 0.29) is 24.8 Å². The summed E-state index contributed by atoms with van der Waals surface area (Å²) in [4.78, 5) is 37.5. The summed E-state index contributed by atoms with van der Waals surface area (Å²) in [7, 11) is 1.09. The van der Waals surface area contributed by atoms with E-state index in [2.05, 4.69) is 4.74 Å². The molecule has 3 saturated carbocycles. The highest BCUT2D eigenvalue weighted by molar-refractivity contribution is 6.01. The van der Waals surface area contributed by atoms with Crippen LogP contribution >= 0.6 is 0 Å². The molecule has 0 amide bonds. The summed E-state index contributed by atoms with van der Waals surface area (Å²) >= 11 is 0. The van der Waals surface area contributed by atoms with Crippen molar-refractivity contribution in [2.24, 2.45) is 34.3 Å². The molecule has 0 heterocycles. The minimum Gasteiger partial charge on any atom is -0.447 e. The average Bonchev–Trinajstić information content (AvgIpc) is 2.99. The van der Waals surface area contributed by atoms with Crippen molar-refractivity contribution in [3.63, 3.8) is 0 Å². The van der Waals surface area contributed by atoms with E-state index in [4.69, 9.17) is 15.2 Å². The molecule has 10 heteroatoms. The fourth-order valence-corrected chi connectivity index (χ4v) is 7.57. The highest BCUT2D eigenvalue weighted by Gasteiger charge is 2.79. The lowest BCUT2D eigenvalue weighted by Crippen LogP contribution is -2.71. The molecule has 0 aromatic heterocycles. The van der Waals surface area contributed by atoms with Gasteiger partial charge in [0.15, 0.2) is 11.5 Å². The third-order valence-corrected chi connectivity index (χ3v) is 9.10. The number of hydrogen-bond acceptors (Lipinski definition) is 8. The van der Waals surface area contributed by atoms with Gasteiger partial charge in [-0.3, -0.25) is 10.5 Å². The van der Waals surface area contributed by atoms with Crippen LogP contribution in [-0.4, -0.2) is 60.4 Å². The van der Waals surface area contributed by atoms with Gasteiger partial charge in [-0.2, -0.15) is 0 Å². The Bertz CT molecular complexity index is 984. The molecule has 0 aliphatic heterocycles. The monoisotopic (exact) mass is 483 g/mol. The van der Waals surface area contributed by atoms with Gasteiger partial charge in [0.2, 0.25) is 5.60 Å². The number of carbonyl (C=O) groups is 3. The lowest BCUT2D eigenvalue weighted by atomic mass is 9.44. The topological polar surface area (TPSA) is 125 Å². The number of esters is 1. The highest BCUT2D eigenvalue weighted by atomic mass is 19.1. The summed E-state index contributed by atoms with van der Waals surface area (Å²) in [6.45, 7) is 4.31. The van der Waals surface area contributed by atoms with Gasteiger partial charge in [0.1, 0.15) is 12.9 Å². The second-order valence-corrected chi connectivity index (χ2v) is 10.4. The van der Waals surface area contributed by atoms with Crippen molar-refractivity contribution in [2.45, 2.75) is 63.6 Å². The molecule has 188 valence electrons. The van der Waals surface area contributed by atoms with E-state index < -0.39 is 76.8 Å². The number of fused-ring (bicyclic) bond motifs is 5. The fourth-order valence-electron chi connectivity index (χ4n) is 7.57. The summed E-state index contributed by atoms with van der Waals surface area (Å²) in [5.74, 6) is -3.71. The van der Waals surface area contributed by atoms with Crippen LogP contribution in [-0.2, 0) is 23.8 Å². The van der Waals surface area contributed by atoms with E-state index in [0.29, 0.717) is 0 Å². The van der Waals surface area contributed by atoms with Crippen molar-refractivity contribution in [3.8, 4) is 0 Å². The maximum Gasteiger partial charge on any atom is 0.509 e. The summed E-state index contributed by atoms with van der Waals surface area (Å²) in [5.41, 5.74) is -1.66. The van der Waals surface area contributed by atoms with Gasteiger partial charge < -0.3 is 19.3 Å². The number of ether oxygens (including phenoxy) is 3. The molecule has 0 aromatic carbocycles. The molecular weight excluding hydrogens is 452 g/mol. The van der Waals surface area contributed by atoms with Gasteiger partial charge in [-0.1, -0.05) is 19.9 Å². The maximum absolute atomic E-state index is 17.2. The minimum absolute atomic E-state index is 0.00654. The van der Waals surface area contributed by atoms with E-state index in [1.165, 1.54) is 19.1 Å². The number of methoxy groups -OCH3 is 1. The lowest BCUT2D eigenvalue weighted by Gasteiger charge is -2.62. The molecule has 0 saturated heterocycles. The largest absolute Gasteiger partial charge is 0.509 e. The molecule has 4 aliphatic carbocycles. The number of halogens is 2. The molecule has 4 aliphatic rings. The van der Waals surface area contributed by atoms with Crippen molar-refractivity contribution >= 4 is 17.9 Å². The zero-order chi connectivity index (χ0) is 25.3. The van der Waals surface area contributed by atoms with Crippen molar-refractivity contribution in [1.82, 2.24) is 0 Å². The predicted molar refractivity (Wildman–Crippen MR) is 115 cm³/mol. The zero-order valence-electron chi connectivity index (χ0n) is 19.7. The molecule has 0 unspecified atom stereocenters. The molecule has 4 rings (SSSR count). The molecule has 0 aromatic rings. The van der Waals surface area contributed by atoms with Crippen LogP contribution in [0.25, 0.3) is 0 Å². The first-order chi connectivity index (χ1) is 15.8. The van der Waals surface area contributed by atoms with Crippen LogP contribution in [0.1, 0.15) is 40.0 Å². The normalized spacial score (nSPS) is 47.1. The molecule has 0 bridgehead atoms. The Labute approximate surface area is 196 Å². The van der Waals surface area contributed by atoms with Crippen molar-refractivity contribution in [1.29, 1.82) is 0 Å². The second kappa shape index (κ2) is 7.84. The van der Waals surface area contributed by atoms with Crippen LogP contribution in [0.2, 0.25) is 0 Å². The Morgan fingerprint density at radius 1 is 1.26 bits per heavy atom. The Balaban J connectivity index is 1.87. The first-order valence-corrected chi connectivity index (χ1v) is 11.4. The number of aliphatic hydroxyl groups is 1. The third-order valence-electron chi connectivity index (χ3n) is 9.10.